The quantitative estimate of drug-likeness (QED) is 0.450. The Hall–Kier alpha value is -2.70. The summed E-state index contributed by atoms with van der Waals surface area (Å²) in [5.41, 5.74) is 2.44. The number of anilines is 1. The van der Waals surface area contributed by atoms with E-state index >= 15 is 0 Å². The summed E-state index contributed by atoms with van der Waals surface area (Å²) in [6.45, 7) is 7.65. The predicted octanol–water partition coefficient (Wildman–Crippen LogP) is 2.15. The smallest absolute Gasteiger partial charge is 0.194 e. The standard InChI is InChI=1S/C21H32N6O/c1-4-22-21(23-11-7-8-18-16-24-25(2)17-18)27-14-12-26(13-15-27)19-9-5-6-10-20(19)28-3/h5-6,9-10,16-17H,4,7-8,11-15H2,1-3H3,(H,22,23). The molecule has 1 saturated heterocycles. The molecule has 3 rings (SSSR count). The third-order valence-electron chi connectivity index (χ3n) is 4.98. The van der Waals surface area contributed by atoms with E-state index < -0.39 is 0 Å². The summed E-state index contributed by atoms with van der Waals surface area (Å²) >= 11 is 0. The van der Waals surface area contributed by atoms with E-state index in [0.717, 1.165) is 63.8 Å². The average Bonchev–Trinajstić information content (AvgIpc) is 3.15. The van der Waals surface area contributed by atoms with Crippen LogP contribution in [0.15, 0.2) is 41.7 Å². The van der Waals surface area contributed by atoms with E-state index in [4.69, 9.17) is 9.73 Å². The summed E-state index contributed by atoms with van der Waals surface area (Å²) in [5, 5.41) is 7.67. The molecule has 28 heavy (non-hydrogen) atoms. The van der Waals surface area contributed by atoms with Crippen LogP contribution in [0.4, 0.5) is 5.69 Å². The Bertz CT molecular complexity index is 764. The molecule has 0 aliphatic carbocycles. The molecular formula is C21H32N6O. The van der Waals surface area contributed by atoms with E-state index in [1.165, 1.54) is 11.3 Å². The Morgan fingerprint density at radius 3 is 2.68 bits per heavy atom. The topological polar surface area (TPSA) is 57.9 Å². The number of aromatic nitrogens is 2. The summed E-state index contributed by atoms with van der Waals surface area (Å²) in [5.74, 6) is 1.96. The van der Waals surface area contributed by atoms with E-state index in [0.29, 0.717) is 0 Å². The van der Waals surface area contributed by atoms with Gasteiger partial charge in [0.15, 0.2) is 5.96 Å². The molecule has 0 bridgehead atoms. The number of methoxy groups -OCH3 is 1. The van der Waals surface area contributed by atoms with Crippen molar-refractivity contribution in [2.24, 2.45) is 12.0 Å². The zero-order valence-electron chi connectivity index (χ0n) is 17.3. The SMILES string of the molecule is CCNC(=NCCCc1cnn(C)c1)N1CCN(c2ccccc2OC)CC1. The number of aryl methyl sites for hydroxylation is 2. The van der Waals surface area contributed by atoms with Gasteiger partial charge >= 0.3 is 0 Å². The van der Waals surface area contributed by atoms with Gasteiger partial charge in [-0.1, -0.05) is 12.1 Å². The van der Waals surface area contributed by atoms with Crippen molar-refractivity contribution in [1.29, 1.82) is 0 Å². The highest BCUT2D eigenvalue weighted by atomic mass is 16.5. The van der Waals surface area contributed by atoms with Crippen LogP contribution in [0.2, 0.25) is 0 Å². The number of hydrogen-bond acceptors (Lipinski definition) is 4. The van der Waals surface area contributed by atoms with Crippen molar-refractivity contribution in [3.8, 4) is 5.75 Å². The summed E-state index contributed by atoms with van der Waals surface area (Å²) < 4.78 is 7.37. The minimum Gasteiger partial charge on any atom is -0.495 e. The molecule has 1 aromatic carbocycles. The highest BCUT2D eigenvalue weighted by molar-refractivity contribution is 5.80. The summed E-state index contributed by atoms with van der Waals surface area (Å²) in [6, 6.07) is 8.24. The van der Waals surface area contributed by atoms with Gasteiger partial charge in [-0.15, -0.1) is 0 Å². The molecule has 1 N–H and O–H groups in total. The molecule has 7 heteroatoms. The minimum atomic E-state index is 0.823. The fraction of sp³-hybridized carbons (Fsp3) is 0.524. The number of guanidine groups is 1. The lowest BCUT2D eigenvalue weighted by molar-refractivity contribution is 0.367. The fourth-order valence-corrected chi connectivity index (χ4v) is 3.55. The largest absolute Gasteiger partial charge is 0.495 e. The molecule has 0 spiro atoms. The normalized spacial score (nSPS) is 15.0. The molecule has 0 atom stereocenters. The van der Waals surface area contributed by atoms with Gasteiger partial charge in [0.1, 0.15) is 5.75 Å². The second-order valence-electron chi connectivity index (χ2n) is 7.01. The molecular weight excluding hydrogens is 352 g/mol. The van der Waals surface area contributed by atoms with Crippen LogP contribution in [0, 0.1) is 0 Å². The van der Waals surface area contributed by atoms with Crippen LogP contribution in [0.5, 0.6) is 5.75 Å². The van der Waals surface area contributed by atoms with Gasteiger partial charge in [-0.05, 0) is 37.5 Å². The van der Waals surface area contributed by atoms with Gasteiger partial charge in [-0.25, -0.2) is 0 Å². The van der Waals surface area contributed by atoms with Gasteiger partial charge in [0.2, 0.25) is 0 Å². The first-order valence-corrected chi connectivity index (χ1v) is 10.1. The number of rotatable bonds is 7. The van der Waals surface area contributed by atoms with Crippen molar-refractivity contribution in [1.82, 2.24) is 20.0 Å². The van der Waals surface area contributed by atoms with Crippen molar-refractivity contribution in [2.45, 2.75) is 19.8 Å². The van der Waals surface area contributed by atoms with Gasteiger partial charge < -0.3 is 19.9 Å². The van der Waals surface area contributed by atoms with Crippen molar-refractivity contribution in [2.75, 3.05) is 51.3 Å². The average molecular weight is 385 g/mol. The number of aliphatic imine (C=N–C) groups is 1. The van der Waals surface area contributed by atoms with E-state index in [1.807, 2.05) is 30.1 Å². The summed E-state index contributed by atoms with van der Waals surface area (Å²) in [7, 11) is 3.69. The molecule has 2 aromatic rings. The third kappa shape index (κ3) is 5.18. The number of nitrogens with one attached hydrogen (secondary N) is 1. The van der Waals surface area contributed by atoms with Crippen LogP contribution in [0.3, 0.4) is 0 Å². The van der Waals surface area contributed by atoms with Crippen LogP contribution in [-0.4, -0.2) is 67.0 Å². The van der Waals surface area contributed by atoms with Gasteiger partial charge in [0.05, 0.1) is 19.0 Å². The fourth-order valence-electron chi connectivity index (χ4n) is 3.55. The van der Waals surface area contributed by atoms with Gasteiger partial charge in [-0.2, -0.15) is 5.10 Å². The van der Waals surface area contributed by atoms with Crippen LogP contribution in [0.1, 0.15) is 18.9 Å². The highest BCUT2D eigenvalue weighted by Gasteiger charge is 2.21. The number of ether oxygens (including phenoxy) is 1. The predicted molar refractivity (Wildman–Crippen MR) is 114 cm³/mol. The van der Waals surface area contributed by atoms with E-state index in [9.17, 15) is 0 Å². The van der Waals surface area contributed by atoms with Crippen molar-refractivity contribution in [3.05, 3.63) is 42.2 Å². The number of piperazine rings is 1. The second-order valence-corrected chi connectivity index (χ2v) is 7.01. The lowest BCUT2D eigenvalue weighted by Crippen LogP contribution is -2.52. The molecule has 7 nitrogen and oxygen atoms in total. The third-order valence-corrected chi connectivity index (χ3v) is 4.98. The molecule has 0 radical (unpaired) electrons. The molecule has 0 unspecified atom stereocenters. The lowest BCUT2D eigenvalue weighted by atomic mass is 10.2. The zero-order chi connectivity index (χ0) is 19.8. The molecule has 0 amide bonds. The van der Waals surface area contributed by atoms with Crippen LogP contribution in [0.25, 0.3) is 0 Å². The van der Waals surface area contributed by atoms with Crippen LogP contribution < -0.4 is 15.0 Å². The molecule has 1 fully saturated rings. The molecule has 1 aromatic heterocycles. The molecule has 152 valence electrons. The van der Waals surface area contributed by atoms with Crippen molar-refractivity contribution < 1.29 is 4.74 Å². The van der Waals surface area contributed by atoms with Gasteiger partial charge in [-0.3, -0.25) is 9.67 Å². The second kappa shape index (κ2) is 10.0. The molecule has 0 saturated carbocycles. The monoisotopic (exact) mass is 384 g/mol. The first-order valence-electron chi connectivity index (χ1n) is 10.1. The van der Waals surface area contributed by atoms with Crippen LogP contribution in [-0.2, 0) is 13.5 Å². The maximum Gasteiger partial charge on any atom is 0.194 e. The highest BCUT2D eigenvalue weighted by Crippen LogP contribution is 2.28. The van der Waals surface area contributed by atoms with Gasteiger partial charge in [0.25, 0.3) is 0 Å². The first kappa shape index (κ1) is 20.0. The van der Waals surface area contributed by atoms with E-state index in [2.05, 4.69) is 45.5 Å². The summed E-state index contributed by atoms with van der Waals surface area (Å²) in [4.78, 5) is 9.60. The zero-order valence-corrected chi connectivity index (χ0v) is 17.3. The Morgan fingerprint density at radius 2 is 2.00 bits per heavy atom. The number of para-hydroxylation sites is 2. The van der Waals surface area contributed by atoms with Crippen LogP contribution >= 0.6 is 0 Å². The molecule has 1 aliphatic heterocycles. The van der Waals surface area contributed by atoms with E-state index in [-0.39, 0.29) is 0 Å². The number of nitrogens with zero attached hydrogens (tertiary/aromatic N) is 5. The van der Waals surface area contributed by atoms with E-state index in [1.54, 1.807) is 7.11 Å². The number of hydrogen-bond donors (Lipinski definition) is 1. The van der Waals surface area contributed by atoms with Crippen molar-refractivity contribution in [3.63, 3.8) is 0 Å². The Balaban J connectivity index is 1.53. The maximum atomic E-state index is 5.52. The van der Waals surface area contributed by atoms with Crippen molar-refractivity contribution >= 4 is 11.6 Å². The maximum absolute atomic E-state index is 5.52. The first-order chi connectivity index (χ1) is 13.7. The van der Waals surface area contributed by atoms with Gasteiger partial charge in [0, 0.05) is 52.5 Å². The minimum absolute atomic E-state index is 0.823. The molecule has 1 aliphatic rings. The Morgan fingerprint density at radius 1 is 1.21 bits per heavy atom. The lowest BCUT2D eigenvalue weighted by Gasteiger charge is -2.38. The molecule has 2 heterocycles. The number of benzene rings is 1. The Labute approximate surface area is 168 Å². The summed E-state index contributed by atoms with van der Waals surface area (Å²) in [6.07, 6.45) is 6.05. The Kier molecular flexibility index (Phi) is 7.17.